The second-order valence-electron chi connectivity index (χ2n) is 12.2. The molecule has 0 radical (unpaired) electrons. The van der Waals surface area contributed by atoms with Gasteiger partial charge in [-0.3, -0.25) is 0 Å². The van der Waals surface area contributed by atoms with Gasteiger partial charge in [0, 0.05) is 101 Å². The van der Waals surface area contributed by atoms with Crippen LogP contribution in [0.3, 0.4) is 0 Å². The second kappa shape index (κ2) is 16.1. The Morgan fingerprint density at radius 1 is 0.714 bits per heavy atom. The fourth-order valence-electron chi connectivity index (χ4n) is 6.39. The number of aromatic nitrogens is 2. The first-order valence-electron chi connectivity index (χ1n) is 16.2. The Labute approximate surface area is 293 Å². The summed E-state index contributed by atoms with van der Waals surface area (Å²) in [4.78, 5) is 10.6. The molecule has 2 aliphatic heterocycles. The van der Waals surface area contributed by atoms with Gasteiger partial charge >= 0.3 is 0 Å². The summed E-state index contributed by atoms with van der Waals surface area (Å²) in [6.07, 6.45) is 6.93. The van der Waals surface area contributed by atoms with Crippen molar-refractivity contribution in [1.29, 1.82) is 0 Å². The number of ether oxygens (including phenoxy) is 4. The highest BCUT2D eigenvalue weighted by Gasteiger charge is 2.36. The van der Waals surface area contributed by atoms with Crippen molar-refractivity contribution < 1.29 is 32.9 Å². The van der Waals surface area contributed by atoms with E-state index in [1.54, 1.807) is 26.6 Å². The summed E-state index contributed by atoms with van der Waals surface area (Å²) in [5.74, 6) is -0.642. The summed E-state index contributed by atoms with van der Waals surface area (Å²) in [6, 6.07) is 17.6. The third-order valence-electron chi connectivity index (χ3n) is 9.18. The fraction of sp³-hybridized carbons (Fsp3) is 0.378. The number of hydrogen-bond donors (Lipinski definition) is 1. The predicted molar refractivity (Wildman–Crippen MR) is 184 cm³/mol. The van der Waals surface area contributed by atoms with Crippen LogP contribution in [0.15, 0.2) is 98.1 Å². The summed E-state index contributed by atoms with van der Waals surface area (Å²) < 4.78 is 52.1. The lowest BCUT2D eigenvalue weighted by molar-refractivity contribution is -0.0952. The lowest BCUT2D eigenvalue weighted by Crippen LogP contribution is -2.35. The number of hydrogen-bond acceptors (Lipinski definition) is 10. The van der Waals surface area contributed by atoms with Gasteiger partial charge in [-0.1, -0.05) is 40.8 Å². The van der Waals surface area contributed by atoms with E-state index < -0.39 is 11.2 Å². The zero-order valence-electron chi connectivity index (χ0n) is 27.5. The number of rotatable bonds is 12. The van der Waals surface area contributed by atoms with Crippen LogP contribution in [-0.4, -0.2) is 61.5 Å². The Morgan fingerprint density at radius 2 is 1.14 bits per heavy atom. The maximum absolute atomic E-state index is 14.7. The molecule has 0 unspecified atom stereocenters. The van der Waals surface area contributed by atoms with Gasteiger partial charge in [-0.05, 0) is 70.8 Å². The number of methoxy groups -OCH3 is 2. The van der Waals surface area contributed by atoms with E-state index in [-0.39, 0.29) is 11.6 Å². The highest BCUT2D eigenvalue weighted by atomic mass is 32.2. The standard InChI is InChI=1S/C37H39F2N3O5S2/c1-44-36(7-11-46-12-8-36)27-17-29(38)21-32(19-27)48-34-5-3-25(23-40-34)15-31(42-43)16-26-4-6-35(41-24-26)49-33-20-28(18-30(39)22-33)37(45-2)9-13-47-14-10-37/h3-6,17-24,43H,7-16H2,1-2H3. The minimum absolute atomic E-state index is 0.321. The molecule has 4 heterocycles. The second-order valence-corrected chi connectivity index (χ2v) is 14.4. The molecule has 2 aliphatic rings. The van der Waals surface area contributed by atoms with Crippen molar-refractivity contribution in [3.8, 4) is 0 Å². The highest BCUT2D eigenvalue weighted by molar-refractivity contribution is 7.99. The van der Waals surface area contributed by atoms with Crippen molar-refractivity contribution in [2.45, 2.75) is 69.6 Å². The maximum Gasteiger partial charge on any atom is 0.124 e. The Balaban J connectivity index is 1.06. The molecule has 0 bridgehead atoms. The zero-order chi connectivity index (χ0) is 34.3. The van der Waals surface area contributed by atoms with E-state index in [2.05, 4.69) is 15.1 Å². The van der Waals surface area contributed by atoms with E-state index in [0.29, 0.717) is 80.7 Å². The molecular weight excluding hydrogens is 669 g/mol. The van der Waals surface area contributed by atoms with Gasteiger partial charge in [0.15, 0.2) is 0 Å². The lowest BCUT2D eigenvalue weighted by Gasteiger charge is -2.36. The minimum atomic E-state index is -0.564. The van der Waals surface area contributed by atoms with Crippen LogP contribution in [0.1, 0.15) is 47.9 Å². The first kappa shape index (κ1) is 35.4. The molecule has 258 valence electrons. The quantitative estimate of drug-likeness (QED) is 0.0894. The molecule has 0 spiro atoms. The Morgan fingerprint density at radius 3 is 1.49 bits per heavy atom. The molecule has 0 atom stereocenters. The zero-order valence-corrected chi connectivity index (χ0v) is 29.1. The van der Waals surface area contributed by atoms with Crippen LogP contribution in [0.25, 0.3) is 0 Å². The first-order chi connectivity index (χ1) is 23.8. The van der Waals surface area contributed by atoms with Crippen LogP contribution in [-0.2, 0) is 43.0 Å². The van der Waals surface area contributed by atoms with Gasteiger partial charge in [0.25, 0.3) is 0 Å². The van der Waals surface area contributed by atoms with Crippen molar-refractivity contribution in [2.75, 3.05) is 40.6 Å². The Hall–Kier alpha value is -3.39. The van der Waals surface area contributed by atoms with Gasteiger partial charge < -0.3 is 24.2 Å². The first-order valence-corrected chi connectivity index (χ1v) is 17.8. The molecule has 2 saturated heterocycles. The molecule has 49 heavy (non-hydrogen) atoms. The van der Waals surface area contributed by atoms with Gasteiger partial charge in [0.05, 0.1) is 16.9 Å². The van der Waals surface area contributed by atoms with Gasteiger partial charge in [-0.15, -0.1) is 0 Å². The van der Waals surface area contributed by atoms with Crippen LogP contribution >= 0.6 is 23.5 Å². The lowest BCUT2D eigenvalue weighted by atomic mass is 9.86. The Kier molecular flexibility index (Phi) is 11.6. The number of nitrogens with zero attached hydrogens (tertiary/aromatic N) is 3. The molecule has 1 N–H and O–H groups in total. The molecule has 2 aromatic heterocycles. The van der Waals surface area contributed by atoms with Gasteiger partial charge in [-0.25, -0.2) is 18.7 Å². The number of halogens is 2. The Bertz CT molecular complexity index is 1620. The fourth-order valence-corrected chi connectivity index (χ4v) is 8.07. The van der Waals surface area contributed by atoms with Crippen LogP contribution in [0, 0.1) is 11.6 Å². The van der Waals surface area contributed by atoms with E-state index in [1.807, 2.05) is 36.4 Å². The molecule has 12 heteroatoms. The van der Waals surface area contributed by atoms with Crippen LogP contribution in [0.4, 0.5) is 8.78 Å². The van der Waals surface area contributed by atoms with Gasteiger partial charge in [-0.2, -0.15) is 0 Å². The summed E-state index contributed by atoms with van der Waals surface area (Å²) >= 11 is 2.75. The largest absolute Gasteiger partial charge is 0.411 e. The molecule has 2 aromatic carbocycles. The van der Waals surface area contributed by atoms with E-state index in [4.69, 9.17) is 18.9 Å². The van der Waals surface area contributed by atoms with Gasteiger partial charge in [0.2, 0.25) is 0 Å². The van der Waals surface area contributed by atoms with Crippen LogP contribution in [0.5, 0.6) is 0 Å². The average molecular weight is 708 g/mol. The molecule has 0 aliphatic carbocycles. The van der Waals surface area contributed by atoms with Crippen molar-refractivity contribution in [1.82, 2.24) is 9.97 Å². The third-order valence-corrected chi connectivity index (χ3v) is 11.0. The molecule has 8 nitrogen and oxygen atoms in total. The molecule has 0 amide bonds. The smallest absolute Gasteiger partial charge is 0.124 e. The predicted octanol–water partition coefficient (Wildman–Crippen LogP) is 7.98. The van der Waals surface area contributed by atoms with Crippen molar-refractivity contribution in [2.24, 2.45) is 5.16 Å². The molecule has 2 fully saturated rings. The monoisotopic (exact) mass is 707 g/mol. The number of benzene rings is 2. The highest BCUT2D eigenvalue weighted by Crippen LogP contribution is 2.40. The molecular formula is C37H39F2N3O5S2. The normalized spacial score (nSPS) is 17.1. The van der Waals surface area contributed by atoms with Crippen LogP contribution < -0.4 is 0 Å². The summed E-state index contributed by atoms with van der Waals surface area (Å²) in [5.41, 5.74) is 2.77. The van der Waals surface area contributed by atoms with Gasteiger partial charge in [0.1, 0.15) is 21.7 Å². The third kappa shape index (κ3) is 8.68. The number of oxime groups is 1. The summed E-state index contributed by atoms with van der Waals surface area (Å²) in [7, 11) is 3.32. The van der Waals surface area contributed by atoms with Crippen molar-refractivity contribution in [3.05, 3.63) is 107 Å². The molecule has 0 saturated carbocycles. The van der Waals surface area contributed by atoms with E-state index in [1.165, 1.54) is 47.8 Å². The molecule has 6 rings (SSSR count). The summed E-state index contributed by atoms with van der Waals surface area (Å²) in [5, 5.41) is 14.8. The van der Waals surface area contributed by atoms with E-state index in [9.17, 15) is 14.0 Å². The van der Waals surface area contributed by atoms with Crippen LogP contribution in [0.2, 0.25) is 0 Å². The topological polar surface area (TPSA) is 95.3 Å². The van der Waals surface area contributed by atoms with E-state index >= 15 is 0 Å². The van der Waals surface area contributed by atoms with Crippen molar-refractivity contribution >= 4 is 29.2 Å². The maximum atomic E-state index is 14.7. The molecule has 4 aromatic rings. The minimum Gasteiger partial charge on any atom is -0.411 e. The SMILES string of the molecule is COC1(c2cc(F)cc(Sc3ccc(CC(Cc4ccc(Sc5cc(F)cc(C6(OC)CCOCC6)c5)nc4)=NO)cn3)c2)CCOCC1. The van der Waals surface area contributed by atoms with Crippen molar-refractivity contribution in [3.63, 3.8) is 0 Å². The summed E-state index contributed by atoms with van der Waals surface area (Å²) in [6.45, 7) is 2.28. The van der Waals surface area contributed by atoms with E-state index in [0.717, 1.165) is 32.0 Å². The number of pyridine rings is 2. The average Bonchev–Trinajstić information content (AvgIpc) is 3.13.